The van der Waals surface area contributed by atoms with E-state index in [1.807, 2.05) is 0 Å². The molecule has 1 fully saturated rings. The second-order valence-electron chi connectivity index (χ2n) is 3.74. The summed E-state index contributed by atoms with van der Waals surface area (Å²) in [5.74, 6) is -3.42. The summed E-state index contributed by atoms with van der Waals surface area (Å²) in [5, 5.41) is 9.53. The third kappa shape index (κ3) is 2.64. The van der Waals surface area contributed by atoms with E-state index in [2.05, 4.69) is 0 Å². The zero-order valence-electron chi connectivity index (χ0n) is 8.44. The molecule has 2 atom stereocenters. The van der Waals surface area contributed by atoms with Gasteiger partial charge in [-0.1, -0.05) is 12.8 Å². The minimum atomic E-state index is -4.57. The summed E-state index contributed by atoms with van der Waals surface area (Å²) in [5.41, 5.74) is 0. The number of hydrogen-bond acceptors (Lipinski definition) is 3. The fourth-order valence-electron chi connectivity index (χ4n) is 1.83. The molecule has 90 valence electrons. The molecule has 0 aliphatic heterocycles. The van der Waals surface area contributed by atoms with Crippen LogP contribution in [0, 0.1) is 0 Å². The number of hydrogen-bond donors (Lipinski definition) is 1. The van der Waals surface area contributed by atoms with Crippen molar-refractivity contribution in [1.29, 1.82) is 0 Å². The smallest absolute Gasteiger partial charge is 0.350 e. The SMILES string of the molecule is CN(C1CCCCC1O)S(=O)(=O)C(F)F. The molecule has 0 radical (unpaired) electrons. The Morgan fingerprint density at radius 1 is 1.33 bits per heavy atom. The van der Waals surface area contributed by atoms with E-state index in [0.717, 1.165) is 19.9 Å². The van der Waals surface area contributed by atoms with Crippen LogP contribution in [0.1, 0.15) is 25.7 Å². The number of sulfonamides is 1. The third-order valence-corrected chi connectivity index (χ3v) is 4.31. The van der Waals surface area contributed by atoms with Gasteiger partial charge in [0.25, 0.3) is 10.0 Å². The predicted molar refractivity (Wildman–Crippen MR) is 50.9 cm³/mol. The summed E-state index contributed by atoms with van der Waals surface area (Å²) in [6.07, 6.45) is 1.62. The Morgan fingerprint density at radius 2 is 1.87 bits per heavy atom. The molecule has 15 heavy (non-hydrogen) atoms. The molecule has 0 aromatic heterocycles. The molecular weight excluding hydrogens is 228 g/mol. The molecule has 0 aromatic carbocycles. The second kappa shape index (κ2) is 4.71. The van der Waals surface area contributed by atoms with E-state index in [-0.39, 0.29) is 0 Å². The van der Waals surface area contributed by atoms with E-state index in [0.29, 0.717) is 17.1 Å². The molecular formula is C8H15F2NO3S. The van der Waals surface area contributed by atoms with E-state index >= 15 is 0 Å². The quantitative estimate of drug-likeness (QED) is 0.796. The zero-order valence-corrected chi connectivity index (χ0v) is 9.25. The van der Waals surface area contributed by atoms with Gasteiger partial charge in [0.15, 0.2) is 0 Å². The number of aliphatic hydroxyl groups is 1. The largest absolute Gasteiger partial charge is 0.391 e. The van der Waals surface area contributed by atoms with Crippen LogP contribution in [0.15, 0.2) is 0 Å². The van der Waals surface area contributed by atoms with Gasteiger partial charge in [-0.25, -0.2) is 8.42 Å². The topological polar surface area (TPSA) is 57.6 Å². The Morgan fingerprint density at radius 3 is 2.33 bits per heavy atom. The summed E-state index contributed by atoms with van der Waals surface area (Å²) in [6, 6.07) is -0.710. The van der Waals surface area contributed by atoms with E-state index in [9.17, 15) is 22.3 Å². The van der Waals surface area contributed by atoms with Crippen LogP contribution in [-0.2, 0) is 10.0 Å². The van der Waals surface area contributed by atoms with E-state index in [4.69, 9.17) is 0 Å². The summed E-state index contributed by atoms with van der Waals surface area (Å²) in [6.45, 7) is 0. The van der Waals surface area contributed by atoms with Crippen LogP contribution in [0.2, 0.25) is 0 Å². The Balaban J connectivity index is 2.79. The summed E-state index contributed by atoms with van der Waals surface area (Å²) < 4.78 is 47.4. The van der Waals surface area contributed by atoms with Crippen LogP contribution in [0.3, 0.4) is 0 Å². The molecule has 0 bridgehead atoms. The standard InChI is InChI=1S/C8H15F2NO3S/c1-11(15(13,14)8(9)10)6-4-2-3-5-7(6)12/h6-8,12H,2-5H2,1H3. The van der Waals surface area contributed by atoms with Gasteiger partial charge in [0.05, 0.1) is 12.1 Å². The van der Waals surface area contributed by atoms with Crippen molar-refractivity contribution in [2.45, 2.75) is 43.6 Å². The molecule has 1 aliphatic rings. The Kier molecular flexibility index (Phi) is 4.02. The van der Waals surface area contributed by atoms with Gasteiger partial charge in [0.1, 0.15) is 0 Å². The minimum absolute atomic E-state index is 0.434. The zero-order chi connectivity index (χ0) is 11.6. The number of aliphatic hydroxyl groups excluding tert-OH is 1. The van der Waals surface area contributed by atoms with Gasteiger partial charge in [-0.3, -0.25) is 0 Å². The third-order valence-electron chi connectivity index (χ3n) is 2.79. The van der Waals surface area contributed by atoms with Gasteiger partial charge < -0.3 is 5.11 Å². The molecule has 1 rings (SSSR count). The van der Waals surface area contributed by atoms with E-state index in [1.54, 1.807) is 0 Å². The van der Waals surface area contributed by atoms with Gasteiger partial charge in [-0.15, -0.1) is 0 Å². The number of likely N-dealkylation sites (N-methyl/N-ethyl adjacent to an activating group) is 1. The number of alkyl halides is 2. The molecule has 1 N–H and O–H groups in total. The summed E-state index contributed by atoms with van der Waals surface area (Å²) >= 11 is 0. The number of halogens is 2. The average molecular weight is 243 g/mol. The van der Waals surface area contributed by atoms with Crippen molar-refractivity contribution >= 4 is 10.0 Å². The van der Waals surface area contributed by atoms with Gasteiger partial charge in [-0.05, 0) is 12.8 Å². The minimum Gasteiger partial charge on any atom is -0.391 e. The molecule has 0 amide bonds. The first-order valence-corrected chi connectivity index (χ1v) is 6.30. The summed E-state index contributed by atoms with van der Waals surface area (Å²) in [7, 11) is -3.47. The van der Waals surface area contributed by atoms with Crippen LogP contribution in [0.4, 0.5) is 8.78 Å². The van der Waals surface area contributed by atoms with Crippen molar-refractivity contribution in [3.05, 3.63) is 0 Å². The van der Waals surface area contributed by atoms with Crippen LogP contribution < -0.4 is 0 Å². The first-order valence-electron chi connectivity index (χ1n) is 4.80. The Labute approximate surface area is 87.9 Å². The van der Waals surface area contributed by atoms with Crippen molar-refractivity contribution in [1.82, 2.24) is 4.31 Å². The molecule has 1 aliphatic carbocycles. The van der Waals surface area contributed by atoms with Crippen molar-refractivity contribution in [2.75, 3.05) is 7.05 Å². The highest BCUT2D eigenvalue weighted by atomic mass is 32.2. The van der Waals surface area contributed by atoms with Gasteiger partial charge >= 0.3 is 5.76 Å². The monoisotopic (exact) mass is 243 g/mol. The van der Waals surface area contributed by atoms with Gasteiger partial charge in [-0.2, -0.15) is 13.1 Å². The highest BCUT2D eigenvalue weighted by Crippen LogP contribution is 2.25. The molecule has 0 saturated heterocycles. The maximum absolute atomic E-state index is 12.2. The van der Waals surface area contributed by atoms with Crippen molar-refractivity contribution in [3.63, 3.8) is 0 Å². The molecule has 1 saturated carbocycles. The van der Waals surface area contributed by atoms with Crippen molar-refractivity contribution < 1.29 is 22.3 Å². The molecule has 7 heteroatoms. The van der Waals surface area contributed by atoms with Crippen LogP contribution in [0.5, 0.6) is 0 Å². The normalized spacial score (nSPS) is 28.7. The van der Waals surface area contributed by atoms with Crippen LogP contribution >= 0.6 is 0 Å². The molecule has 0 spiro atoms. The number of nitrogens with zero attached hydrogens (tertiary/aromatic N) is 1. The lowest BCUT2D eigenvalue weighted by atomic mass is 9.93. The first kappa shape index (κ1) is 12.8. The highest BCUT2D eigenvalue weighted by Gasteiger charge is 2.38. The van der Waals surface area contributed by atoms with Crippen molar-refractivity contribution in [3.8, 4) is 0 Å². The fraction of sp³-hybridized carbons (Fsp3) is 1.00. The first-order chi connectivity index (χ1) is 6.87. The maximum Gasteiger partial charge on any atom is 0.350 e. The van der Waals surface area contributed by atoms with E-state index in [1.165, 1.54) is 0 Å². The lowest BCUT2D eigenvalue weighted by Crippen LogP contribution is -2.47. The molecule has 0 aromatic rings. The Bertz CT molecular complexity index is 307. The fourth-order valence-corrected chi connectivity index (χ4v) is 2.70. The number of rotatable bonds is 3. The molecule has 0 heterocycles. The summed E-state index contributed by atoms with van der Waals surface area (Å²) in [4.78, 5) is 0. The van der Waals surface area contributed by atoms with Crippen molar-refractivity contribution in [2.24, 2.45) is 0 Å². The lowest BCUT2D eigenvalue weighted by Gasteiger charge is -2.33. The van der Waals surface area contributed by atoms with Crippen LogP contribution in [-0.4, -0.2) is 42.8 Å². The molecule has 2 unspecified atom stereocenters. The van der Waals surface area contributed by atoms with Gasteiger partial charge in [0, 0.05) is 7.05 Å². The highest BCUT2D eigenvalue weighted by molar-refractivity contribution is 7.89. The van der Waals surface area contributed by atoms with Gasteiger partial charge in [0.2, 0.25) is 0 Å². The predicted octanol–water partition coefficient (Wildman–Crippen LogP) is 0.774. The van der Waals surface area contributed by atoms with E-state index < -0.39 is 27.9 Å². The Hall–Kier alpha value is -0.270. The molecule has 4 nitrogen and oxygen atoms in total. The average Bonchev–Trinajstić information content (AvgIpc) is 2.17. The lowest BCUT2D eigenvalue weighted by molar-refractivity contribution is 0.0607. The second-order valence-corrected chi connectivity index (χ2v) is 5.70. The maximum atomic E-state index is 12.2. The van der Waals surface area contributed by atoms with Crippen LogP contribution in [0.25, 0.3) is 0 Å².